The molecular formula is C47H70N4O5. The van der Waals surface area contributed by atoms with E-state index in [1.165, 1.54) is 77.0 Å². The Morgan fingerprint density at radius 3 is 1.89 bits per heavy atom. The number of ether oxygens (including phenoxy) is 2. The molecule has 3 aromatic rings. The Morgan fingerprint density at radius 2 is 1.27 bits per heavy atom. The highest BCUT2D eigenvalue weighted by molar-refractivity contribution is 5.93. The van der Waals surface area contributed by atoms with Gasteiger partial charge >= 0.3 is 0 Å². The first-order valence-corrected chi connectivity index (χ1v) is 21.6. The van der Waals surface area contributed by atoms with Crippen LogP contribution in [-0.2, 0) is 32.2 Å². The fourth-order valence-electron chi connectivity index (χ4n) is 7.32. The van der Waals surface area contributed by atoms with Crippen LogP contribution in [0.1, 0.15) is 158 Å². The number of carbonyl (C=O) groups excluding carboxylic acids is 2. The highest BCUT2D eigenvalue weighted by Crippen LogP contribution is 2.38. The SMILES string of the molecule is CCCCCCCCN(CCCCCCCC)CC1CC(c2ccc(CO)cc2)OC(c2ccc(CNC(=O)CCCCC(=O)Nc3ccccc3N)cc2)O1. The van der Waals surface area contributed by atoms with Crippen LogP contribution in [0.3, 0.4) is 0 Å². The molecule has 56 heavy (non-hydrogen) atoms. The summed E-state index contributed by atoms with van der Waals surface area (Å²) in [6, 6.07) is 23.4. The molecular weight excluding hydrogens is 701 g/mol. The van der Waals surface area contributed by atoms with Crippen LogP contribution < -0.4 is 16.4 Å². The van der Waals surface area contributed by atoms with Crippen molar-refractivity contribution < 1.29 is 24.2 Å². The number of nitrogen functional groups attached to an aromatic ring is 1. The van der Waals surface area contributed by atoms with Gasteiger partial charge in [0, 0.05) is 37.9 Å². The minimum Gasteiger partial charge on any atom is -0.397 e. The number of anilines is 2. The van der Waals surface area contributed by atoms with E-state index in [0.29, 0.717) is 43.6 Å². The number of nitrogens with two attached hydrogens (primary N) is 1. The summed E-state index contributed by atoms with van der Waals surface area (Å²) in [4.78, 5) is 27.5. The van der Waals surface area contributed by atoms with E-state index in [4.69, 9.17) is 15.2 Å². The van der Waals surface area contributed by atoms with Crippen molar-refractivity contribution in [2.75, 3.05) is 30.7 Å². The molecule has 1 heterocycles. The van der Waals surface area contributed by atoms with E-state index in [-0.39, 0.29) is 30.6 Å². The Bertz CT molecular complexity index is 1520. The molecule has 9 nitrogen and oxygen atoms in total. The molecule has 1 aliphatic heterocycles. The Labute approximate surface area is 337 Å². The number of nitrogens with zero attached hydrogens (tertiary/aromatic N) is 1. The third-order valence-corrected chi connectivity index (χ3v) is 10.8. The summed E-state index contributed by atoms with van der Waals surface area (Å²) in [5, 5.41) is 15.5. The van der Waals surface area contributed by atoms with Crippen molar-refractivity contribution in [2.45, 2.75) is 155 Å². The molecule has 3 aromatic carbocycles. The molecule has 0 radical (unpaired) electrons. The molecule has 4 rings (SSSR count). The fourth-order valence-corrected chi connectivity index (χ4v) is 7.32. The summed E-state index contributed by atoms with van der Waals surface area (Å²) in [6.07, 6.45) is 17.5. The fraction of sp³-hybridized carbons (Fsp3) is 0.574. The van der Waals surface area contributed by atoms with Crippen molar-refractivity contribution in [3.63, 3.8) is 0 Å². The second-order valence-corrected chi connectivity index (χ2v) is 15.5. The topological polar surface area (TPSA) is 126 Å². The van der Waals surface area contributed by atoms with Gasteiger partial charge < -0.3 is 35.8 Å². The van der Waals surface area contributed by atoms with Crippen molar-refractivity contribution in [1.29, 1.82) is 0 Å². The quantitative estimate of drug-likeness (QED) is 0.0449. The zero-order valence-electron chi connectivity index (χ0n) is 34.3. The molecule has 3 atom stereocenters. The van der Waals surface area contributed by atoms with Crippen molar-refractivity contribution in [3.8, 4) is 0 Å². The van der Waals surface area contributed by atoms with Crippen LogP contribution in [0.2, 0.25) is 0 Å². The summed E-state index contributed by atoms with van der Waals surface area (Å²) in [7, 11) is 0. The van der Waals surface area contributed by atoms with Crippen LogP contribution in [0.25, 0.3) is 0 Å². The molecule has 3 unspecified atom stereocenters. The maximum absolute atomic E-state index is 12.6. The van der Waals surface area contributed by atoms with E-state index in [1.54, 1.807) is 12.1 Å². The van der Waals surface area contributed by atoms with Gasteiger partial charge in [-0.2, -0.15) is 0 Å². The number of aliphatic hydroxyl groups excluding tert-OH is 1. The van der Waals surface area contributed by atoms with Crippen molar-refractivity contribution in [2.24, 2.45) is 0 Å². The summed E-state index contributed by atoms with van der Waals surface area (Å²) in [5.74, 6) is -0.143. The maximum atomic E-state index is 12.6. The van der Waals surface area contributed by atoms with Crippen LogP contribution in [-0.4, -0.2) is 47.6 Å². The van der Waals surface area contributed by atoms with E-state index in [2.05, 4.69) is 41.5 Å². The number of rotatable bonds is 27. The molecule has 0 aliphatic carbocycles. The Hall–Kier alpha value is -3.76. The lowest BCUT2D eigenvalue weighted by Gasteiger charge is -2.38. The standard InChI is InChI=1S/C47H70N4O5/c1-3-5-7-9-11-17-31-51(32-18-12-10-8-6-4-2)35-41-33-44(39-27-25-38(36-52)26-28-39)56-47(55-41)40-29-23-37(24-30-40)34-49-45(53)21-15-16-22-46(54)50-43-20-14-13-19-42(43)48/h13-14,19-20,23-30,41,44,47,52H,3-12,15-18,21-22,31-36,48H2,1-2H3,(H,49,53)(H,50,54). The predicted octanol–water partition coefficient (Wildman–Crippen LogP) is 10.1. The van der Waals surface area contributed by atoms with Gasteiger partial charge in [-0.3, -0.25) is 9.59 Å². The third-order valence-electron chi connectivity index (χ3n) is 10.8. The molecule has 1 saturated heterocycles. The van der Waals surface area contributed by atoms with E-state index in [0.717, 1.165) is 48.3 Å². The summed E-state index contributed by atoms with van der Waals surface area (Å²) < 4.78 is 13.4. The van der Waals surface area contributed by atoms with Gasteiger partial charge in [-0.15, -0.1) is 0 Å². The van der Waals surface area contributed by atoms with Gasteiger partial charge in [-0.1, -0.05) is 139 Å². The number of hydrogen-bond acceptors (Lipinski definition) is 7. The molecule has 1 fully saturated rings. The summed E-state index contributed by atoms with van der Waals surface area (Å²) in [5.41, 5.74) is 11.0. The number of carbonyl (C=O) groups is 2. The first-order chi connectivity index (χ1) is 27.4. The monoisotopic (exact) mass is 771 g/mol. The van der Waals surface area contributed by atoms with E-state index in [1.807, 2.05) is 48.5 Å². The summed E-state index contributed by atoms with van der Waals surface area (Å²) in [6.45, 7) is 8.06. The van der Waals surface area contributed by atoms with Gasteiger partial charge in [-0.05, 0) is 67.6 Å². The van der Waals surface area contributed by atoms with Crippen molar-refractivity contribution in [3.05, 3.63) is 95.1 Å². The first kappa shape index (κ1) is 44.9. The average Bonchev–Trinajstić information content (AvgIpc) is 3.22. The predicted molar refractivity (Wildman–Crippen MR) is 228 cm³/mol. The molecule has 1 aliphatic rings. The average molecular weight is 771 g/mol. The highest BCUT2D eigenvalue weighted by atomic mass is 16.7. The van der Waals surface area contributed by atoms with Crippen molar-refractivity contribution in [1.82, 2.24) is 10.2 Å². The highest BCUT2D eigenvalue weighted by Gasteiger charge is 2.33. The molecule has 0 saturated carbocycles. The number of para-hydroxylation sites is 2. The van der Waals surface area contributed by atoms with Gasteiger partial charge in [0.1, 0.15) is 0 Å². The molecule has 9 heteroatoms. The second-order valence-electron chi connectivity index (χ2n) is 15.5. The van der Waals surface area contributed by atoms with Crippen molar-refractivity contribution >= 4 is 23.2 Å². The normalized spacial score (nSPS) is 16.9. The van der Waals surface area contributed by atoms with Gasteiger partial charge in [0.25, 0.3) is 0 Å². The molecule has 5 N–H and O–H groups in total. The van der Waals surface area contributed by atoms with Gasteiger partial charge in [0.05, 0.1) is 30.2 Å². The smallest absolute Gasteiger partial charge is 0.224 e. The lowest BCUT2D eigenvalue weighted by molar-refractivity contribution is -0.253. The lowest BCUT2D eigenvalue weighted by atomic mass is 9.99. The molecule has 0 spiro atoms. The lowest BCUT2D eigenvalue weighted by Crippen LogP contribution is -2.40. The van der Waals surface area contributed by atoms with Crippen LogP contribution >= 0.6 is 0 Å². The van der Waals surface area contributed by atoms with Crippen LogP contribution in [0.5, 0.6) is 0 Å². The molecule has 0 bridgehead atoms. The number of unbranched alkanes of at least 4 members (excludes halogenated alkanes) is 11. The van der Waals surface area contributed by atoms with Crippen LogP contribution in [0.15, 0.2) is 72.8 Å². The maximum Gasteiger partial charge on any atom is 0.224 e. The van der Waals surface area contributed by atoms with Crippen LogP contribution in [0, 0.1) is 0 Å². The zero-order chi connectivity index (χ0) is 39.8. The number of benzene rings is 3. The third kappa shape index (κ3) is 16.8. The van der Waals surface area contributed by atoms with Gasteiger partial charge in [0.15, 0.2) is 6.29 Å². The van der Waals surface area contributed by atoms with Gasteiger partial charge in [0.2, 0.25) is 11.8 Å². The Balaban J connectivity index is 1.31. The number of aliphatic hydroxyl groups is 1. The molecule has 2 amide bonds. The Kier molecular flexibility index (Phi) is 21.0. The van der Waals surface area contributed by atoms with E-state index >= 15 is 0 Å². The Morgan fingerprint density at radius 1 is 0.696 bits per heavy atom. The molecule has 0 aromatic heterocycles. The van der Waals surface area contributed by atoms with E-state index in [9.17, 15) is 14.7 Å². The number of nitrogens with one attached hydrogen (secondary N) is 2. The second kappa shape index (κ2) is 26.2. The first-order valence-electron chi connectivity index (χ1n) is 21.6. The minimum atomic E-state index is -0.514. The molecule has 308 valence electrons. The van der Waals surface area contributed by atoms with E-state index < -0.39 is 6.29 Å². The number of hydrogen-bond donors (Lipinski definition) is 4. The van der Waals surface area contributed by atoms with Gasteiger partial charge in [-0.25, -0.2) is 0 Å². The number of amides is 2. The van der Waals surface area contributed by atoms with Crippen LogP contribution in [0.4, 0.5) is 11.4 Å². The zero-order valence-corrected chi connectivity index (χ0v) is 34.3. The largest absolute Gasteiger partial charge is 0.397 e. The minimum absolute atomic E-state index is 0.0120. The summed E-state index contributed by atoms with van der Waals surface area (Å²) >= 11 is 0.